The first-order chi connectivity index (χ1) is 11.6. The minimum Gasteiger partial charge on any atom is -0.338 e. The van der Waals surface area contributed by atoms with Crippen molar-refractivity contribution < 1.29 is 9.59 Å². The van der Waals surface area contributed by atoms with Crippen LogP contribution in [0, 0.1) is 5.92 Å². The number of carbonyl (C=O) groups excluding carboxylic acids is 2. The molecule has 1 aromatic rings. The normalized spacial score (nSPS) is 23.3. The van der Waals surface area contributed by atoms with Crippen LogP contribution < -0.4 is 5.32 Å². The van der Waals surface area contributed by atoms with Crippen LogP contribution >= 0.6 is 11.8 Å². The quantitative estimate of drug-likeness (QED) is 0.851. The minimum absolute atomic E-state index is 0.0417. The number of piperidine rings is 1. The van der Waals surface area contributed by atoms with Crippen LogP contribution in [-0.4, -0.2) is 53.7 Å². The molecule has 4 rings (SSSR count). The summed E-state index contributed by atoms with van der Waals surface area (Å²) in [6, 6.07) is 7.91. The first kappa shape index (κ1) is 17.1. The summed E-state index contributed by atoms with van der Waals surface area (Å²) in [6.07, 6.45) is 4.89. The van der Waals surface area contributed by atoms with Crippen molar-refractivity contribution in [2.45, 2.75) is 37.1 Å². The predicted octanol–water partition coefficient (Wildman–Crippen LogP) is 3.27. The highest BCUT2D eigenvalue weighted by atomic mass is 32.2. The Morgan fingerprint density at radius 1 is 1.25 bits per heavy atom. The average molecular weight is 347 g/mol. The van der Waals surface area contributed by atoms with Gasteiger partial charge in [0.25, 0.3) is 0 Å². The molecule has 3 fully saturated rings. The van der Waals surface area contributed by atoms with E-state index in [2.05, 4.69) is 12.2 Å². The predicted molar refractivity (Wildman–Crippen MR) is 97.3 cm³/mol. The average Bonchev–Trinajstić information content (AvgIpc) is 2.89. The molecule has 0 unspecified atom stereocenters. The van der Waals surface area contributed by atoms with Gasteiger partial charge in [-0.3, -0.25) is 4.79 Å². The second-order valence-electron chi connectivity index (χ2n) is 6.52. The number of hydrogen-bond donors (Lipinski definition) is 1. The molecule has 3 heterocycles. The molecule has 3 aliphatic heterocycles. The Morgan fingerprint density at radius 3 is 2.67 bits per heavy atom. The number of hydrogen-bond acceptors (Lipinski definition) is 3. The number of thioether (sulfide) groups is 1. The van der Waals surface area contributed by atoms with Crippen LogP contribution in [0.2, 0.25) is 0 Å². The van der Waals surface area contributed by atoms with Crippen molar-refractivity contribution in [2.75, 3.05) is 31.2 Å². The van der Waals surface area contributed by atoms with Gasteiger partial charge in [-0.15, -0.1) is 11.8 Å². The van der Waals surface area contributed by atoms with E-state index in [4.69, 9.17) is 0 Å². The summed E-state index contributed by atoms with van der Waals surface area (Å²) in [5.41, 5.74) is 0.797. The zero-order chi connectivity index (χ0) is 17.1. The fourth-order valence-corrected chi connectivity index (χ4v) is 4.03. The molecule has 3 aliphatic rings. The van der Waals surface area contributed by atoms with Crippen molar-refractivity contribution in [1.82, 2.24) is 9.80 Å². The molecule has 0 aliphatic carbocycles. The highest BCUT2D eigenvalue weighted by Gasteiger charge is 2.41. The lowest BCUT2D eigenvalue weighted by Crippen LogP contribution is -2.48. The number of anilines is 1. The largest absolute Gasteiger partial charge is 0.338 e. The first-order valence-electron chi connectivity index (χ1n) is 8.62. The molecule has 0 radical (unpaired) electrons. The lowest BCUT2D eigenvalue weighted by atomic mass is 9.94. The summed E-state index contributed by atoms with van der Waals surface area (Å²) in [5.74, 6) is 0.188. The highest BCUT2D eigenvalue weighted by molar-refractivity contribution is 7.98. The van der Waals surface area contributed by atoms with Crippen LogP contribution in [0.1, 0.15) is 26.2 Å². The maximum atomic E-state index is 12.6. The van der Waals surface area contributed by atoms with Crippen LogP contribution in [0.25, 0.3) is 0 Å². The lowest BCUT2D eigenvalue weighted by Gasteiger charge is -2.35. The number of fused-ring (bicyclic) bond motifs is 4. The van der Waals surface area contributed by atoms with Gasteiger partial charge in [-0.05, 0) is 49.8 Å². The van der Waals surface area contributed by atoms with Crippen molar-refractivity contribution in [3.05, 3.63) is 24.3 Å². The standard InChI is InChI=1S/C18H25N3O2S/c1-3-10-21-15-7-4-13(17(21)22)11-20(12-15)18(23)19-14-5-8-16(24-2)9-6-14/h5-6,8-9,13,15H,3-4,7,10-12H2,1-2H3,(H,19,23)/t13-,15+/m1/s1. The number of nitrogens with zero attached hydrogens (tertiary/aromatic N) is 2. The van der Waals surface area contributed by atoms with Gasteiger partial charge >= 0.3 is 6.03 Å². The summed E-state index contributed by atoms with van der Waals surface area (Å²) in [4.78, 5) is 30.2. The van der Waals surface area contributed by atoms with E-state index in [0.29, 0.717) is 13.1 Å². The molecule has 1 aromatic carbocycles. The smallest absolute Gasteiger partial charge is 0.321 e. The topological polar surface area (TPSA) is 52.7 Å². The number of benzene rings is 1. The molecule has 3 amide bonds. The molecule has 130 valence electrons. The molecular formula is C18H25N3O2S. The fourth-order valence-electron chi connectivity index (χ4n) is 3.62. The molecule has 1 N–H and O–H groups in total. The molecular weight excluding hydrogens is 322 g/mol. The Morgan fingerprint density at radius 2 is 2.00 bits per heavy atom. The zero-order valence-corrected chi connectivity index (χ0v) is 15.1. The van der Waals surface area contributed by atoms with Crippen LogP contribution in [0.3, 0.4) is 0 Å². The third-order valence-electron chi connectivity index (χ3n) is 4.89. The number of nitrogens with one attached hydrogen (secondary N) is 1. The summed E-state index contributed by atoms with van der Waals surface area (Å²) in [6.45, 7) is 4.06. The monoisotopic (exact) mass is 347 g/mol. The van der Waals surface area contributed by atoms with E-state index in [1.165, 1.54) is 4.90 Å². The first-order valence-corrected chi connectivity index (χ1v) is 9.85. The van der Waals surface area contributed by atoms with Crippen molar-refractivity contribution in [3.8, 4) is 0 Å². The summed E-state index contributed by atoms with van der Waals surface area (Å²) in [5, 5.41) is 2.97. The number of rotatable bonds is 4. The fraction of sp³-hybridized carbons (Fsp3) is 0.556. The Labute approximate surface area is 147 Å². The van der Waals surface area contributed by atoms with Gasteiger partial charge in [0.15, 0.2) is 0 Å². The molecule has 2 bridgehead atoms. The van der Waals surface area contributed by atoms with Crippen molar-refractivity contribution in [2.24, 2.45) is 5.92 Å². The molecule has 0 aromatic heterocycles. The Kier molecular flexibility index (Phi) is 5.33. The molecule has 2 atom stereocenters. The Balaban J connectivity index is 1.68. The Hall–Kier alpha value is -1.69. The Bertz CT molecular complexity index is 605. The van der Waals surface area contributed by atoms with Gasteiger partial charge in [0.05, 0.1) is 5.92 Å². The second kappa shape index (κ2) is 7.47. The highest BCUT2D eigenvalue weighted by Crippen LogP contribution is 2.29. The van der Waals surface area contributed by atoms with Crippen LogP contribution in [-0.2, 0) is 4.79 Å². The second-order valence-corrected chi connectivity index (χ2v) is 7.40. The maximum Gasteiger partial charge on any atom is 0.321 e. The number of amides is 3. The van der Waals surface area contributed by atoms with Crippen molar-refractivity contribution in [3.63, 3.8) is 0 Å². The van der Waals surface area contributed by atoms with E-state index in [1.807, 2.05) is 40.3 Å². The molecule has 0 saturated carbocycles. The van der Waals surface area contributed by atoms with Gasteiger partial charge in [-0.25, -0.2) is 4.79 Å². The molecule has 5 nitrogen and oxygen atoms in total. The van der Waals surface area contributed by atoms with Crippen LogP contribution in [0.5, 0.6) is 0 Å². The van der Waals surface area contributed by atoms with E-state index >= 15 is 0 Å². The van der Waals surface area contributed by atoms with E-state index in [-0.39, 0.29) is 23.9 Å². The zero-order valence-electron chi connectivity index (χ0n) is 14.3. The van der Waals surface area contributed by atoms with Crippen LogP contribution in [0.4, 0.5) is 10.5 Å². The molecule has 6 heteroatoms. The molecule has 0 spiro atoms. The number of carbonyl (C=O) groups is 2. The van der Waals surface area contributed by atoms with Gasteiger partial charge in [0.2, 0.25) is 5.91 Å². The number of urea groups is 1. The van der Waals surface area contributed by atoms with Crippen LogP contribution in [0.15, 0.2) is 29.2 Å². The van der Waals surface area contributed by atoms with E-state index in [0.717, 1.165) is 31.5 Å². The van der Waals surface area contributed by atoms with E-state index < -0.39 is 0 Å². The summed E-state index contributed by atoms with van der Waals surface area (Å²) >= 11 is 1.67. The minimum atomic E-state index is -0.102. The van der Waals surface area contributed by atoms with Gasteiger partial charge < -0.3 is 15.1 Å². The van der Waals surface area contributed by atoms with Gasteiger partial charge in [0.1, 0.15) is 0 Å². The van der Waals surface area contributed by atoms with Gasteiger partial charge in [0, 0.05) is 36.3 Å². The third kappa shape index (κ3) is 3.53. The third-order valence-corrected chi connectivity index (χ3v) is 5.63. The van der Waals surface area contributed by atoms with Gasteiger partial charge in [-0.2, -0.15) is 0 Å². The maximum absolute atomic E-state index is 12.6. The summed E-state index contributed by atoms with van der Waals surface area (Å²) < 4.78 is 0. The van der Waals surface area contributed by atoms with Crippen molar-refractivity contribution in [1.29, 1.82) is 0 Å². The van der Waals surface area contributed by atoms with Gasteiger partial charge in [-0.1, -0.05) is 6.92 Å². The van der Waals surface area contributed by atoms with E-state index in [9.17, 15) is 9.59 Å². The van der Waals surface area contributed by atoms with E-state index in [1.54, 1.807) is 11.8 Å². The molecule has 24 heavy (non-hydrogen) atoms. The van der Waals surface area contributed by atoms with Crippen molar-refractivity contribution >= 4 is 29.4 Å². The molecule has 3 saturated heterocycles. The summed E-state index contributed by atoms with van der Waals surface area (Å²) in [7, 11) is 0. The SMILES string of the molecule is CCCN1C(=O)[C@@H]2CC[C@H]1CN(C(=O)Nc1ccc(SC)cc1)C2. The lowest BCUT2D eigenvalue weighted by molar-refractivity contribution is -0.139.